The number of benzene rings is 8. The molecule has 0 N–H and O–H groups in total. The van der Waals surface area contributed by atoms with Crippen molar-refractivity contribution >= 4 is 22.5 Å². The molecule has 2 nitrogen and oxygen atoms in total. The summed E-state index contributed by atoms with van der Waals surface area (Å²) in [5, 5.41) is 2.40. The van der Waals surface area contributed by atoms with E-state index >= 15 is 0 Å². The van der Waals surface area contributed by atoms with Gasteiger partial charge in [0, 0.05) is 26.5 Å². The number of nitrogens with zero attached hydrogens (tertiary/aromatic N) is 2. The molecule has 0 unspecified atom stereocenters. The van der Waals surface area contributed by atoms with Crippen molar-refractivity contribution in [3.05, 3.63) is 216 Å². The molecule has 3 heteroatoms. The van der Waals surface area contributed by atoms with Crippen molar-refractivity contribution in [2.24, 2.45) is 0 Å². The van der Waals surface area contributed by atoms with Crippen molar-refractivity contribution in [2.75, 3.05) is 0 Å². The third-order valence-corrected chi connectivity index (χ3v) is 12.4. The van der Waals surface area contributed by atoms with Gasteiger partial charge in [-0.1, -0.05) is 182 Å². The Hall–Kier alpha value is -6.55. The van der Waals surface area contributed by atoms with E-state index in [1.165, 1.54) is 59.5 Å². The summed E-state index contributed by atoms with van der Waals surface area (Å²) in [5.41, 5.74) is 14.8. The van der Waals surface area contributed by atoms with E-state index in [2.05, 4.69) is 188 Å². The molecule has 11 rings (SSSR count). The van der Waals surface area contributed by atoms with E-state index in [1.54, 1.807) is 0 Å². The van der Waals surface area contributed by atoms with Gasteiger partial charge in [0.25, 0.3) is 0 Å². The standard InChI is InChI=1S/C51H32N2S/c1-2-15-34(16-3-1)46-32-47(37-29-28-33-14-4-5-17-35(33)30-37)53-50(52-46)38-19-12-18-36(31-38)39-22-13-26-45-49(39)54-48-27-11-10-25-44(48)51(45)42-23-8-6-20-40(42)41-21-7-9-24-43(41)51/h1-32H. The van der Waals surface area contributed by atoms with Crippen LogP contribution in [0.1, 0.15) is 22.3 Å². The van der Waals surface area contributed by atoms with Crippen molar-refractivity contribution in [3.8, 4) is 56.2 Å². The highest BCUT2D eigenvalue weighted by molar-refractivity contribution is 7.99. The van der Waals surface area contributed by atoms with Crippen molar-refractivity contribution < 1.29 is 0 Å². The van der Waals surface area contributed by atoms with Crippen LogP contribution in [0.5, 0.6) is 0 Å². The van der Waals surface area contributed by atoms with Gasteiger partial charge in [0.05, 0.1) is 16.8 Å². The second kappa shape index (κ2) is 12.3. The molecule has 0 radical (unpaired) electrons. The second-order valence-electron chi connectivity index (χ2n) is 14.1. The number of fused-ring (bicyclic) bond motifs is 10. The van der Waals surface area contributed by atoms with Crippen LogP contribution < -0.4 is 0 Å². The Balaban J connectivity index is 1.10. The molecule has 0 saturated heterocycles. The average Bonchev–Trinajstić information content (AvgIpc) is 3.54. The molecule has 1 aliphatic carbocycles. The minimum atomic E-state index is -0.417. The van der Waals surface area contributed by atoms with E-state index < -0.39 is 5.41 Å². The fraction of sp³-hybridized carbons (Fsp3) is 0.0196. The molecule has 2 heterocycles. The maximum Gasteiger partial charge on any atom is 0.160 e. The lowest BCUT2D eigenvalue weighted by atomic mass is 9.67. The molecule has 9 aromatic rings. The van der Waals surface area contributed by atoms with Crippen molar-refractivity contribution in [3.63, 3.8) is 0 Å². The van der Waals surface area contributed by atoms with Crippen LogP contribution >= 0.6 is 11.8 Å². The Morgan fingerprint density at radius 2 is 0.926 bits per heavy atom. The fourth-order valence-electron chi connectivity index (χ4n) is 8.76. The maximum absolute atomic E-state index is 5.25. The van der Waals surface area contributed by atoms with Crippen LogP contribution in [0.2, 0.25) is 0 Å². The predicted molar refractivity (Wildman–Crippen MR) is 223 cm³/mol. The Bertz CT molecular complexity index is 2880. The van der Waals surface area contributed by atoms with Gasteiger partial charge in [-0.05, 0) is 79.5 Å². The summed E-state index contributed by atoms with van der Waals surface area (Å²) in [4.78, 5) is 13.0. The molecule has 54 heavy (non-hydrogen) atoms. The van der Waals surface area contributed by atoms with Gasteiger partial charge in [-0.3, -0.25) is 0 Å². The van der Waals surface area contributed by atoms with Crippen LogP contribution in [0.4, 0.5) is 0 Å². The fourth-order valence-corrected chi connectivity index (χ4v) is 10.1. The monoisotopic (exact) mass is 704 g/mol. The highest BCUT2D eigenvalue weighted by atomic mass is 32.2. The Kier molecular flexibility index (Phi) is 7.05. The predicted octanol–water partition coefficient (Wildman–Crippen LogP) is 13.1. The molecule has 2 aliphatic rings. The Morgan fingerprint density at radius 3 is 1.72 bits per heavy atom. The zero-order valence-electron chi connectivity index (χ0n) is 29.3. The molecule has 0 fully saturated rings. The van der Waals surface area contributed by atoms with E-state index in [1.807, 2.05) is 17.8 Å². The van der Waals surface area contributed by atoms with Gasteiger partial charge < -0.3 is 0 Å². The van der Waals surface area contributed by atoms with Gasteiger partial charge in [-0.2, -0.15) is 0 Å². The molecule has 0 amide bonds. The zero-order chi connectivity index (χ0) is 35.6. The summed E-state index contributed by atoms with van der Waals surface area (Å²) in [6.45, 7) is 0. The smallest absolute Gasteiger partial charge is 0.160 e. The number of aromatic nitrogens is 2. The quantitative estimate of drug-likeness (QED) is 0.182. The highest BCUT2D eigenvalue weighted by Gasteiger charge is 2.50. The first kappa shape index (κ1) is 31.0. The Morgan fingerprint density at radius 1 is 0.352 bits per heavy atom. The summed E-state index contributed by atoms with van der Waals surface area (Å²) >= 11 is 1.88. The van der Waals surface area contributed by atoms with E-state index in [-0.39, 0.29) is 0 Å². The van der Waals surface area contributed by atoms with Gasteiger partial charge in [-0.15, -0.1) is 0 Å². The van der Waals surface area contributed by atoms with E-state index in [0.29, 0.717) is 5.82 Å². The van der Waals surface area contributed by atoms with E-state index in [0.717, 1.165) is 33.6 Å². The molecule has 8 aromatic carbocycles. The van der Waals surface area contributed by atoms with Crippen LogP contribution in [0.15, 0.2) is 204 Å². The van der Waals surface area contributed by atoms with Crippen molar-refractivity contribution in [1.29, 1.82) is 0 Å². The van der Waals surface area contributed by atoms with E-state index in [9.17, 15) is 0 Å². The lowest BCUT2D eigenvalue weighted by Gasteiger charge is -2.40. The zero-order valence-corrected chi connectivity index (χ0v) is 30.1. The minimum Gasteiger partial charge on any atom is -0.228 e. The average molecular weight is 705 g/mol. The third kappa shape index (κ3) is 4.68. The first-order valence-corrected chi connectivity index (χ1v) is 19.2. The molecule has 1 spiro atoms. The second-order valence-corrected chi connectivity index (χ2v) is 15.1. The molecular formula is C51H32N2S. The molecule has 0 atom stereocenters. The van der Waals surface area contributed by atoms with E-state index in [4.69, 9.17) is 9.97 Å². The minimum absolute atomic E-state index is 0.417. The number of rotatable bonds is 4. The first-order chi connectivity index (χ1) is 26.8. The summed E-state index contributed by atoms with van der Waals surface area (Å²) in [6, 6.07) is 70.2. The largest absolute Gasteiger partial charge is 0.228 e. The number of hydrogen-bond donors (Lipinski definition) is 0. The lowest BCUT2D eigenvalue weighted by molar-refractivity contribution is 0.723. The molecule has 0 bridgehead atoms. The molecule has 1 aliphatic heterocycles. The normalized spacial score (nSPS) is 13.3. The Labute approximate surface area is 318 Å². The van der Waals surface area contributed by atoms with Gasteiger partial charge in [-0.25, -0.2) is 9.97 Å². The highest BCUT2D eigenvalue weighted by Crippen LogP contribution is 2.63. The van der Waals surface area contributed by atoms with Gasteiger partial charge >= 0.3 is 0 Å². The van der Waals surface area contributed by atoms with Gasteiger partial charge in [0.2, 0.25) is 0 Å². The lowest BCUT2D eigenvalue weighted by Crippen LogP contribution is -2.32. The maximum atomic E-state index is 5.25. The van der Waals surface area contributed by atoms with Gasteiger partial charge in [0.15, 0.2) is 5.82 Å². The molecule has 0 saturated carbocycles. The SMILES string of the molecule is c1ccc(-c2cc(-c3ccc4ccccc4c3)nc(-c3cccc(-c4cccc5c4Sc4ccccc4C54c5ccccc5-c5ccccc54)c3)n2)cc1. The van der Waals surface area contributed by atoms with Crippen LogP contribution in [0.25, 0.3) is 66.9 Å². The first-order valence-electron chi connectivity index (χ1n) is 18.4. The van der Waals surface area contributed by atoms with Crippen LogP contribution in [-0.4, -0.2) is 9.97 Å². The van der Waals surface area contributed by atoms with Crippen molar-refractivity contribution in [2.45, 2.75) is 15.2 Å². The van der Waals surface area contributed by atoms with Crippen LogP contribution in [0, 0.1) is 0 Å². The summed E-state index contributed by atoms with van der Waals surface area (Å²) in [6.07, 6.45) is 0. The third-order valence-electron chi connectivity index (χ3n) is 11.1. The summed E-state index contributed by atoms with van der Waals surface area (Å²) < 4.78 is 0. The number of hydrogen-bond acceptors (Lipinski definition) is 3. The topological polar surface area (TPSA) is 25.8 Å². The molecule has 1 aromatic heterocycles. The van der Waals surface area contributed by atoms with Gasteiger partial charge in [0.1, 0.15) is 0 Å². The van der Waals surface area contributed by atoms with Crippen LogP contribution in [-0.2, 0) is 5.41 Å². The summed E-state index contributed by atoms with van der Waals surface area (Å²) in [7, 11) is 0. The molecule has 252 valence electrons. The molecular weight excluding hydrogens is 673 g/mol. The summed E-state index contributed by atoms with van der Waals surface area (Å²) in [5.74, 6) is 0.708. The van der Waals surface area contributed by atoms with Crippen molar-refractivity contribution in [1.82, 2.24) is 9.97 Å². The van der Waals surface area contributed by atoms with Crippen LogP contribution in [0.3, 0.4) is 0 Å².